The molecule has 14 heteroatoms. The predicted octanol–water partition coefficient (Wildman–Crippen LogP) is 2.85. The van der Waals surface area contributed by atoms with Gasteiger partial charge < -0.3 is 24.8 Å². The highest BCUT2D eigenvalue weighted by atomic mass is 35.5. The Morgan fingerprint density at radius 2 is 2.03 bits per heavy atom. The number of piperidine rings is 2. The first-order valence-corrected chi connectivity index (χ1v) is 12.5. The highest BCUT2D eigenvalue weighted by Gasteiger charge is 2.35. The Bertz CT molecular complexity index is 1040. The lowest BCUT2D eigenvalue weighted by molar-refractivity contribution is 0.133. The molecule has 0 aromatic carbocycles. The maximum absolute atomic E-state index is 14.8. The van der Waals surface area contributed by atoms with Crippen molar-refractivity contribution in [2.45, 2.75) is 37.5 Å². The zero-order valence-corrected chi connectivity index (χ0v) is 21.1. The molecule has 2 aromatic rings. The first-order valence-electron chi connectivity index (χ1n) is 11.3. The zero-order valence-electron chi connectivity index (χ0n) is 19.5. The Morgan fingerprint density at radius 3 is 2.74 bits per heavy atom. The van der Waals surface area contributed by atoms with Crippen molar-refractivity contribution in [3.05, 3.63) is 22.8 Å². The fourth-order valence-electron chi connectivity index (χ4n) is 4.08. The summed E-state index contributed by atoms with van der Waals surface area (Å²) in [6.45, 7) is 2.37. The lowest BCUT2D eigenvalue weighted by Crippen LogP contribution is -2.55. The van der Waals surface area contributed by atoms with Gasteiger partial charge in [0.1, 0.15) is 10.5 Å². The summed E-state index contributed by atoms with van der Waals surface area (Å²) in [5, 5.41) is 5.84. The number of urea groups is 1. The van der Waals surface area contributed by atoms with E-state index < -0.39 is 24.3 Å². The van der Waals surface area contributed by atoms with Crippen molar-refractivity contribution in [1.29, 1.82) is 0 Å². The molecule has 0 radical (unpaired) electrons. The van der Waals surface area contributed by atoms with E-state index in [-0.39, 0.29) is 24.9 Å². The summed E-state index contributed by atoms with van der Waals surface area (Å²) in [5.41, 5.74) is 0. The third-order valence-electron chi connectivity index (χ3n) is 6.15. The minimum absolute atomic E-state index is 0.0615. The summed E-state index contributed by atoms with van der Waals surface area (Å²) in [4.78, 5) is 42.8. The molecule has 0 saturated carbocycles. The Morgan fingerprint density at radius 1 is 1.26 bits per heavy atom. The maximum atomic E-state index is 14.8. The van der Waals surface area contributed by atoms with Crippen molar-refractivity contribution < 1.29 is 18.7 Å². The lowest BCUT2D eigenvalue weighted by Gasteiger charge is -2.39. The van der Waals surface area contributed by atoms with E-state index in [0.717, 1.165) is 37.3 Å². The smallest absolute Gasteiger partial charge is 0.391 e. The van der Waals surface area contributed by atoms with Gasteiger partial charge in [0.15, 0.2) is 5.13 Å². The maximum Gasteiger partial charge on any atom is 0.414 e. The van der Waals surface area contributed by atoms with Crippen LogP contribution in [-0.2, 0) is 0 Å². The first kappa shape index (κ1) is 25.3. The number of thiazole rings is 1. The van der Waals surface area contributed by atoms with E-state index in [0.29, 0.717) is 22.0 Å². The van der Waals surface area contributed by atoms with Gasteiger partial charge in [0.2, 0.25) is 11.8 Å². The van der Waals surface area contributed by atoms with E-state index in [9.17, 15) is 14.0 Å². The molecular formula is C21H28ClFN8O3S. The molecule has 4 rings (SSSR count). The molecule has 0 spiro atoms. The highest BCUT2D eigenvalue weighted by Crippen LogP contribution is 2.25. The van der Waals surface area contributed by atoms with E-state index in [1.54, 1.807) is 4.90 Å². The van der Waals surface area contributed by atoms with Gasteiger partial charge in [-0.3, -0.25) is 5.32 Å². The Hall–Kier alpha value is -2.77. The summed E-state index contributed by atoms with van der Waals surface area (Å²) in [6, 6.07) is 0.330. The summed E-state index contributed by atoms with van der Waals surface area (Å²) in [6.07, 6.45) is 3.04. The molecule has 2 aromatic heterocycles. The van der Waals surface area contributed by atoms with Crippen LogP contribution in [-0.4, -0.2) is 95.4 Å². The third-order valence-corrected chi connectivity index (χ3v) is 7.18. The number of anilines is 2. The molecule has 2 fully saturated rings. The first-order chi connectivity index (χ1) is 16.8. The van der Waals surface area contributed by atoms with Crippen molar-refractivity contribution in [3.63, 3.8) is 0 Å². The van der Waals surface area contributed by atoms with Crippen LogP contribution in [0.4, 0.5) is 25.1 Å². The number of rotatable bonds is 5. The van der Waals surface area contributed by atoms with E-state index >= 15 is 0 Å². The monoisotopic (exact) mass is 526 g/mol. The minimum Gasteiger partial charge on any atom is -0.391 e. The van der Waals surface area contributed by atoms with Gasteiger partial charge in [-0.05, 0) is 39.4 Å². The predicted molar refractivity (Wildman–Crippen MR) is 131 cm³/mol. The Kier molecular flexibility index (Phi) is 8.19. The molecular weight excluding hydrogens is 499 g/mol. The second kappa shape index (κ2) is 11.3. The van der Waals surface area contributed by atoms with Gasteiger partial charge >= 0.3 is 12.1 Å². The van der Waals surface area contributed by atoms with Crippen LogP contribution >= 0.6 is 22.9 Å². The fourth-order valence-corrected chi connectivity index (χ4v) is 4.88. The number of carbonyl (C=O) groups excluding carboxylic acids is 2. The zero-order chi connectivity index (χ0) is 24.9. The van der Waals surface area contributed by atoms with Crippen molar-refractivity contribution in [2.24, 2.45) is 0 Å². The SMILES string of the molecule is CN1CCC(NC(=O)Oc2ccnc(N3CC[C@@H](F)[C@@H](N(C)C(=O)Nc4ncc(Cl)s4)C3)n2)CC1. The molecule has 2 N–H and O–H groups in total. The van der Waals surface area contributed by atoms with Gasteiger partial charge in [0.05, 0.1) is 12.2 Å². The average Bonchev–Trinajstić information content (AvgIpc) is 3.25. The number of halogens is 2. The Labute approximate surface area is 211 Å². The number of hydrogen-bond acceptors (Lipinski definition) is 9. The largest absolute Gasteiger partial charge is 0.414 e. The minimum atomic E-state index is -1.22. The second-order valence-electron chi connectivity index (χ2n) is 8.63. The second-order valence-corrected chi connectivity index (χ2v) is 10.3. The Balaban J connectivity index is 1.35. The van der Waals surface area contributed by atoms with Crippen LogP contribution in [0.25, 0.3) is 0 Å². The number of aromatic nitrogens is 3. The van der Waals surface area contributed by atoms with Gasteiger partial charge in [0.25, 0.3) is 0 Å². The molecule has 190 valence electrons. The van der Waals surface area contributed by atoms with Crippen molar-refractivity contribution in [3.8, 4) is 5.88 Å². The molecule has 0 unspecified atom stereocenters. The number of amides is 3. The molecule has 4 heterocycles. The number of likely N-dealkylation sites (tertiary alicyclic amines) is 1. The van der Waals surface area contributed by atoms with Crippen molar-refractivity contribution in [2.75, 3.05) is 50.5 Å². The van der Waals surface area contributed by atoms with Crippen LogP contribution in [0.15, 0.2) is 18.5 Å². The van der Waals surface area contributed by atoms with Crippen LogP contribution in [0.1, 0.15) is 19.3 Å². The van der Waals surface area contributed by atoms with E-state index in [4.69, 9.17) is 16.3 Å². The number of ether oxygens (including phenoxy) is 1. The summed E-state index contributed by atoms with van der Waals surface area (Å²) in [5.74, 6) is 0.401. The fraction of sp³-hybridized carbons (Fsp3) is 0.571. The number of nitrogens with zero attached hydrogens (tertiary/aromatic N) is 6. The van der Waals surface area contributed by atoms with E-state index in [2.05, 4.69) is 30.5 Å². The molecule has 2 atom stereocenters. The van der Waals surface area contributed by atoms with Gasteiger partial charge in [-0.15, -0.1) is 0 Å². The topological polar surface area (TPSA) is 116 Å². The van der Waals surface area contributed by atoms with Gasteiger partial charge in [-0.25, -0.2) is 23.9 Å². The molecule has 2 aliphatic heterocycles. The van der Waals surface area contributed by atoms with Crippen LogP contribution in [0.5, 0.6) is 5.88 Å². The number of alkyl halides is 1. The number of carbonyl (C=O) groups is 2. The number of likely N-dealkylation sites (N-methyl/N-ethyl adjacent to an activating group) is 1. The van der Waals surface area contributed by atoms with Gasteiger partial charge in [0, 0.05) is 38.4 Å². The average molecular weight is 527 g/mol. The third kappa shape index (κ3) is 6.67. The van der Waals surface area contributed by atoms with Crippen molar-refractivity contribution >= 4 is 46.1 Å². The summed E-state index contributed by atoms with van der Waals surface area (Å²) < 4.78 is 20.6. The highest BCUT2D eigenvalue weighted by molar-refractivity contribution is 7.19. The summed E-state index contributed by atoms with van der Waals surface area (Å²) >= 11 is 6.97. The van der Waals surface area contributed by atoms with Crippen LogP contribution in [0, 0.1) is 0 Å². The lowest BCUT2D eigenvalue weighted by atomic mass is 10.0. The van der Waals surface area contributed by atoms with E-state index in [1.807, 2.05) is 7.05 Å². The molecule has 0 aliphatic carbocycles. The van der Waals surface area contributed by atoms with Gasteiger partial charge in [-0.2, -0.15) is 4.98 Å². The molecule has 2 saturated heterocycles. The molecule has 0 bridgehead atoms. The van der Waals surface area contributed by atoms with E-state index in [1.165, 1.54) is 30.4 Å². The van der Waals surface area contributed by atoms with Crippen molar-refractivity contribution in [1.82, 2.24) is 30.1 Å². The molecule has 3 amide bonds. The molecule has 2 aliphatic rings. The van der Waals surface area contributed by atoms with Crippen LogP contribution < -0.4 is 20.3 Å². The quantitative estimate of drug-likeness (QED) is 0.611. The van der Waals surface area contributed by atoms with Gasteiger partial charge in [-0.1, -0.05) is 22.9 Å². The normalized spacial score (nSPS) is 21.4. The van der Waals surface area contributed by atoms with Crippen LogP contribution in [0.3, 0.4) is 0 Å². The van der Waals surface area contributed by atoms with Crippen LogP contribution in [0.2, 0.25) is 4.34 Å². The number of hydrogen-bond donors (Lipinski definition) is 2. The summed E-state index contributed by atoms with van der Waals surface area (Å²) in [7, 11) is 3.58. The molecule has 35 heavy (non-hydrogen) atoms. The standard InChI is InChI=1S/C21H28ClFN8O3S/c1-29-8-4-13(5-9-29)26-21(33)34-17-3-7-24-18(27-17)31-10-6-14(23)15(12-31)30(2)20(32)28-19-25-11-16(22)35-19/h3,7,11,13-15H,4-6,8-10,12H2,1-2H3,(H,26,33)(H,25,28,32)/t14-,15+/m1/s1. The molecule has 11 nitrogen and oxygen atoms in total. The number of nitrogens with one attached hydrogen (secondary N) is 2.